The van der Waals surface area contributed by atoms with Crippen LogP contribution in [0, 0.1) is 0 Å². The highest BCUT2D eigenvalue weighted by Gasteiger charge is 2.07. The van der Waals surface area contributed by atoms with E-state index in [1.165, 1.54) is 5.56 Å². The first-order chi connectivity index (χ1) is 10.2. The van der Waals surface area contributed by atoms with Crippen molar-refractivity contribution in [3.8, 4) is 11.5 Å². The summed E-state index contributed by atoms with van der Waals surface area (Å²) >= 11 is 1.64. The van der Waals surface area contributed by atoms with Gasteiger partial charge in [-0.05, 0) is 31.5 Å². The standard InChI is InChI=1S/C16H22N2O2S/c1-12(2)20-15-5-4-13(8-16(15)19-3)9-17-7-6-14-10-21-11-18-14/h4-5,8,10-12,17H,6-7,9H2,1-3H3. The predicted octanol–water partition coefficient (Wildman–Crippen LogP) is 3.27. The fourth-order valence-electron chi connectivity index (χ4n) is 1.98. The topological polar surface area (TPSA) is 43.4 Å². The van der Waals surface area contributed by atoms with Crippen LogP contribution in [0.3, 0.4) is 0 Å². The Hall–Kier alpha value is -1.59. The van der Waals surface area contributed by atoms with Crippen LogP contribution in [0.5, 0.6) is 11.5 Å². The molecule has 1 N–H and O–H groups in total. The number of thiazole rings is 1. The lowest BCUT2D eigenvalue weighted by atomic mass is 10.2. The van der Waals surface area contributed by atoms with Gasteiger partial charge in [0.2, 0.25) is 0 Å². The zero-order valence-corrected chi connectivity index (χ0v) is 13.6. The lowest BCUT2D eigenvalue weighted by Gasteiger charge is -2.14. The number of hydrogen-bond acceptors (Lipinski definition) is 5. The predicted molar refractivity (Wildman–Crippen MR) is 86.3 cm³/mol. The number of methoxy groups -OCH3 is 1. The first kappa shape index (κ1) is 15.8. The molecule has 0 radical (unpaired) electrons. The van der Waals surface area contributed by atoms with E-state index in [1.54, 1.807) is 18.4 Å². The zero-order valence-electron chi connectivity index (χ0n) is 12.8. The number of rotatable bonds is 8. The van der Waals surface area contributed by atoms with Crippen LogP contribution in [0.4, 0.5) is 0 Å². The van der Waals surface area contributed by atoms with Crippen LogP contribution >= 0.6 is 11.3 Å². The van der Waals surface area contributed by atoms with E-state index in [4.69, 9.17) is 9.47 Å². The van der Waals surface area contributed by atoms with Gasteiger partial charge in [-0.15, -0.1) is 11.3 Å². The van der Waals surface area contributed by atoms with Crippen molar-refractivity contribution in [1.82, 2.24) is 10.3 Å². The summed E-state index contributed by atoms with van der Waals surface area (Å²) in [5.41, 5.74) is 4.19. The van der Waals surface area contributed by atoms with Crippen molar-refractivity contribution in [3.05, 3.63) is 40.3 Å². The van der Waals surface area contributed by atoms with Gasteiger partial charge >= 0.3 is 0 Å². The van der Waals surface area contributed by atoms with E-state index in [0.29, 0.717) is 0 Å². The molecule has 0 atom stereocenters. The molecule has 0 bridgehead atoms. The van der Waals surface area contributed by atoms with Gasteiger partial charge in [0.15, 0.2) is 11.5 Å². The summed E-state index contributed by atoms with van der Waals surface area (Å²) in [4.78, 5) is 4.27. The molecule has 1 heterocycles. The van der Waals surface area contributed by atoms with E-state index in [1.807, 2.05) is 31.5 Å². The highest BCUT2D eigenvalue weighted by Crippen LogP contribution is 2.28. The monoisotopic (exact) mass is 306 g/mol. The van der Waals surface area contributed by atoms with Crippen LogP contribution in [-0.4, -0.2) is 24.7 Å². The molecule has 0 saturated carbocycles. The van der Waals surface area contributed by atoms with Gasteiger partial charge in [-0.1, -0.05) is 6.07 Å². The van der Waals surface area contributed by atoms with E-state index in [0.717, 1.165) is 36.7 Å². The van der Waals surface area contributed by atoms with E-state index in [9.17, 15) is 0 Å². The van der Waals surface area contributed by atoms with E-state index in [-0.39, 0.29) is 6.10 Å². The first-order valence-electron chi connectivity index (χ1n) is 7.10. The number of nitrogens with one attached hydrogen (secondary N) is 1. The van der Waals surface area contributed by atoms with Gasteiger partial charge < -0.3 is 14.8 Å². The largest absolute Gasteiger partial charge is 0.493 e. The summed E-state index contributed by atoms with van der Waals surface area (Å²) in [6, 6.07) is 6.06. The van der Waals surface area contributed by atoms with E-state index < -0.39 is 0 Å². The maximum absolute atomic E-state index is 5.71. The van der Waals surface area contributed by atoms with Crippen LogP contribution in [0.15, 0.2) is 29.1 Å². The SMILES string of the molecule is COc1cc(CNCCc2cscn2)ccc1OC(C)C. The molecular weight excluding hydrogens is 284 g/mol. The molecule has 0 aliphatic carbocycles. The van der Waals surface area contributed by atoms with Crippen molar-refractivity contribution in [1.29, 1.82) is 0 Å². The maximum Gasteiger partial charge on any atom is 0.161 e. The zero-order chi connectivity index (χ0) is 15.1. The summed E-state index contributed by atoms with van der Waals surface area (Å²) < 4.78 is 11.1. The number of ether oxygens (including phenoxy) is 2. The van der Waals surface area contributed by atoms with Crippen molar-refractivity contribution < 1.29 is 9.47 Å². The number of nitrogens with zero attached hydrogens (tertiary/aromatic N) is 1. The van der Waals surface area contributed by atoms with Crippen LogP contribution in [-0.2, 0) is 13.0 Å². The summed E-state index contributed by atoms with van der Waals surface area (Å²) in [6.07, 6.45) is 1.09. The van der Waals surface area contributed by atoms with Crippen molar-refractivity contribution in [2.45, 2.75) is 32.9 Å². The Bertz CT molecular complexity index is 541. The van der Waals surface area contributed by atoms with Crippen LogP contribution in [0.25, 0.3) is 0 Å². The van der Waals surface area contributed by atoms with Gasteiger partial charge in [0.05, 0.1) is 24.4 Å². The molecule has 21 heavy (non-hydrogen) atoms. The Kier molecular flexibility index (Phi) is 6.02. The third kappa shape index (κ3) is 5.02. The summed E-state index contributed by atoms with van der Waals surface area (Å²) in [5.74, 6) is 1.57. The molecule has 0 aliphatic heterocycles. The van der Waals surface area contributed by atoms with Crippen molar-refractivity contribution >= 4 is 11.3 Å². The minimum atomic E-state index is 0.140. The quantitative estimate of drug-likeness (QED) is 0.760. The molecule has 4 nitrogen and oxygen atoms in total. The van der Waals surface area contributed by atoms with Gasteiger partial charge in [-0.25, -0.2) is 4.98 Å². The number of aromatic nitrogens is 1. The molecule has 2 aromatic rings. The minimum Gasteiger partial charge on any atom is -0.493 e. The molecule has 1 aromatic heterocycles. The number of hydrogen-bond donors (Lipinski definition) is 1. The minimum absolute atomic E-state index is 0.140. The summed E-state index contributed by atoms with van der Waals surface area (Å²) in [6.45, 7) is 5.74. The highest BCUT2D eigenvalue weighted by atomic mass is 32.1. The molecular formula is C16H22N2O2S. The Morgan fingerprint density at radius 2 is 2.14 bits per heavy atom. The number of benzene rings is 1. The maximum atomic E-state index is 5.71. The molecule has 0 amide bonds. The summed E-state index contributed by atoms with van der Waals surface area (Å²) in [7, 11) is 1.67. The van der Waals surface area contributed by atoms with Crippen molar-refractivity contribution in [3.63, 3.8) is 0 Å². The molecule has 5 heteroatoms. The normalized spacial score (nSPS) is 10.9. The van der Waals surface area contributed by atoms with Gasteiger partial charge in [-0.2, -0.15) is 0 Å². The first-order valence-corrected chi connectivity index (χ1v) is 8.04. The third-order valence-corrected chi connectivity index (χ3v) is 3.60. The van der Waals surface area contributed by atoms with Crippen LogP contribution < -0.4 is 14.8 Å². The molecule has 2 rings (SSSR count). The smallest absolute Gasteiger partial charge is 0.161 e. The highest BCUT2D eigenvalue weighted by molar-refractivity contribution is 7.07. The van der Waals surface area contributed by atoms with E-state index in [2.05, 4.69) is 21.7 Å². The van der Waals surface area contributed by atoms with Gasteiger partial charge in [0.25, 0.3) is 0 Å². The van der Waals surface area contributed by atoms with Crippen molar-refractivity contribution in [2.75, 3.05) is 13.7 Å². The Morgan fingerprint density at radius 3 is 2.81 bits per heavy atom. The molecule has 0 fully saturated rings. The molecule has 0 saturated heterocycles. The molecule has 0 aliphatic rings. The fraction of sp³-hybridized carbons (Fsp3) is 0.438. The molecule has 0 unspecified atom stereocenters. The lowest BCUT2D eigenvalue weighted by Crippen LogP contribution is -2.17. The second-order valence-corrected chi connectivity index (χ2v) is 5.78. The van der Waals surface area contributed by atoms with E-state index >= 15 is 0 Å². The molecule has 0 spiro atoms. The van der Waals surface area contributed by atoms with Gasteiger partial charge in [0, 0.05) is 24.9 Å². The third-order valence-electron chi connectivity index (χ3n) is 2.96. The van der Waals surface area contributed by atoms with Crippen molar-refractivity contribution in [2.24, 2.45) is 0 Å². The summed E-state index contributed by atoms with van der Waals surface area (Å²) in [5, 5.41) is 5.51. The Balaban J connectivity index is 1.85. The Labute approximate surface area is 130 Å². The second kappa shape index (κ2) is 8.00. The lowest BCUT2D eigenvalue weighted by molar-refractivity contribution is 0.230. The van der Waals surface area contributed by atoms with Crippen LogP contribution in [0.2, 0.25) is 0 Å². The van der Waals surface area contributed by atoms with Crippen LogP contribution in [0.1, 0.15) is 25.1 Å². The molecule has 1 aromatic carbocycles. The average molecular weight is 306 g/mol. The second-order valence-electron chi connectivity index (χ2n) is 5.06. The molecule has 114 valence electrons. The Morgan fingerprint density at radius 1 is 1.29 bits per heavy atom. The van der Waals surface area contributed by atoms with Gasteiger partial charge in [-0.3, -0.25) is 0 Å². The fourth-order valence-corrected chi connectivity index (χ4v) is 2.58. The average Bonchev–Trinajstić information content (AvgIpc) is 2.97. The van der Waals surface area contributed by atoms with Gasteiger partial charge in [0.1, 0.15) is 0 Å².